The molecule has 1 aliphatic rings. The molecule has 0 amide bonds. The normalized spacial score (nSPS) is 15.6. The second kappa shape index (κ2) is 9.76. The fraction of sp³-hybridized carbons (Fsp3) is 0.591. The van der Waals surface area contributed by atoms with Crippen LogP contribution in [0.2, 0.25) is 0 Å². The van der Waals surface area contributed by atoms with E-state index in [1.165, 1.54) is 24.1 Å². The Bertz CT molecular complexity index is 814. The zero-order valence-electron chi connectivity index (χ0n) is 18.5. The summed E-state index contributed by atoms with van der Waals surface area (Å²) < 4.78 is 1.92. The summed E-state index contributed by atoms with van der Waals surface area (Å²) in [4.78, 5) is 11.8. The Hall–Kier alpha value is -2.57. The first-order valence-electron chi connectivity index (χ1n) is 10.7. The average Bonchev–Trinajstić information content (AvgIpc) is 2.96. The minimum Gasteiger partial charge on any atom is -0.357 e. The third kappa shape index (κ3) is 5.49. The van der Waals surface area contributed by atoms with E-state index in [4.69, 9.17) is 4.99 Å². The van der Waals surface area contributed by atoms with E-state index in [0.717, 1.165) is 48.6 Å². The van der Waals surface area contributed by atoms with Crippen LogP contribution in [0.4, 0.5) is 5.82 Å². The highest BCUT2D eigenvalue weighted by molar-refractivity contribution is 5.79. The summed E-state index contributed by atoms with van der Waals surface area (Å²) in [6.45, 7) is 12.9. The summed E-state index contributed by atoms with van der Waals surface area (Å²) >= 11 is 0. The molecule has 2 N–H and O–H groups in total. The van der Waals surface area contributed by atoms with Crippen molar-refractivity contribution < 1.29 is 0 Å². The van der Waals surface area contributed by atoms with E-state index in [9.17, 15) is 0 Å². The molecule has 7 heteroatoms. The van der Waals surface area contributed by atoms with Gasteiger partial charge in [0, 0.05) is 50.7 Å². The Kier molecular flexibility index (Phi) is 7.12. The third-order valence-corrected chi connectivity index (χ3v) is 5.77. The fourth-order valence-corrected chi connectivity index (χ4v) is 3.69. The Morgan fingerprint density at radius 3 is 2.55 bits per heavy atom. The number of rotatable bonds is 6. The SMILES string of the molecule is CCNC(=NCc1ccc(N2CCC(C)CC2)nc1)NCc1c(C)nn(C)c1C. The number of aryl methyl sites for hydroxylation is 2. The maximum Gasteiger partial charge on any atom is 0.191 e. The lowest BCUT2D eigenvalue weighted by Crippen LogP contribution is -2.37. The minimum absolute atomic E-state index is 0.602. The van der Waals surface area contributed by atoms with E-state index in [0.29, 0.717) is 13.1 Å². The molecule has 0 atom stereocenters. The summed E-state index contributed by atoms with van der Waals surface area (Å²) in [5.41, 5.74) is 4.57. The molecule has 0 aliphatic carbocycles. The maximum absolute atomic E-state index is 4.73. The molecule has 2 aromatic heterocycles. The van der Waals surface area contributed by atoms with Crippen molar-refractivity contribution >= 4 is 11.8 Å². The van der Waals surface area contributed by atoms with Crippen molar-refractivity contribution in [2.45, 2.75) is 53.6 Å². The predicted octanol–water partition coefficient (Wildman–Crippen LogP) is 2.92. The highest BCUT2D eigenvalue weighted by atomic mass is 15.3. The van der Waals surface area contributed by atoms with Crippen molar-refractivity contribution in [1.29, 1.82) is 0 Å². The van der Waals surface area contributed by atoms with Crippen LogP contribution < -0.4 is 15.5 Å². The van der Waals surface area contributed by atoms with Crippen molar-refractivity contribution in [1.82, 2.24) is 25.4 Å². The molecule has 0 saturated carbocycles. The van der Waals surface area contributed by atoms with Gasteiger partial charge in [-0.2, -0.15) is 5.10 Å². The Labute approximate surface area is 174 Å². The average molecular weight is 398 g/mol. The van der Waals surface area contributed by atoms with E-state index < -0.39 is 0 Å². The number of guanidine groups is 1. The van der Waals surface area contributed by atoms with E-state index >= 15 is 0 Å². The fourth-order valence-electron chi connectivity index (χ4n) is 3.69. The number of hydrogen-bond donors (Lipinski definition) is 2. The lowest BCUT2D eigenvalue weighted by molar-refractivity contribution is 0.436. The van der Waals surface area contributed by atoms with Crippen molar-refractivity contribution in [3.05, 3.63) is 40.8 Å². The molecule has 1 saturated heterocycles. The van der Waals surface area contributed by atoms with Gasteiger partial charge < -0.3 is 15.5 Å². The molecule has 7 nitrogen and oxygen atoms in total. The van der Waals surface area contributed by atoms with Gasteiger partial charge in [-0.1, -0.05) is 13.0 Å². The molecule has 0 bridgehead atoms. The smallest absolute Gasteiger partial charge is 0.191 e. The summed E-state index contributed by atoms with van der Waals surface area (Å²) in [6, 6.07) is 4.27. The number of anilines is 1. The lowest BCUT2D eigenvalue weighted by atomic mass is 9.99. The van der Waals surface area contributed by atoms with Gasteiger partial charge in [-0.15, -0.1) is 0 Å². The van der Waals surface area contributed by atoms with Gasteiger partial charge in [-0.3, -0.25) is 4.68 Å². The molecule has 158 valence electrons. The topological polar surface area (TPSA) is 70.4 Å². The van der Waals surface area contributed by atoms with Gasteiger partial charge >= 0.3 is 0 Å². The molecular weight excluding hydrogens is 362 g/mol. The molecule has 1 aliphatic heterocycles. The van der Waals surface area contributed by atoms with E-state index in [1.54, 1.807) is 0 Å². The van der Waals surface area contributed by atoms with Gasteiger partial charge in [0.15, 0.2) is 5.96 Å². The number of aromatic nitrogens is 3. The van der Waals surface area contributed by atoms with Crippen molar-refractivity contribution in [2.24, 2.45) is 18.0 Å². The van der Waals surface area contributed by atoms with Crippen LogP contribution in [-0.2, 0) is 20.1 Å². The van der Waals surface area contributed by atoms with Crippen molar-refractivity contribution in [3.63, 3.8) is 0 Å². The van der Waals surface area contributed by atoms with Gasteiger partial charge in [0.1, 0.15) is 5.82 Å². The molecule has 29 heavy (non-hydrogen) atoms. The van der Waals surface area contributed by atoms with E-state index in [1.807, 2.05) is 24.9 Å². The number of nitrogens with one attached hydrogen (secondary N) is 2. The van der Waals surface area contributed by atoms with Gasteiger partial charge in [-0.25, -0.2) is 9.98 Å². The van der Waals surface area contributed by atoms with Crippen molar-refractivity contribution in [3.8, 4) is 0 Å². The Morgan fingerprint density at radius 2 is 1.97 bits per heavy atom. The highest BCUT2D eigenvalue weighted by Crippen LogP contribution is 2.21. The first kappa shape index (κ1) is 21.1. The second-order valence-electron chi connectivity index (χ2n) is 8.02. The van der Waals surface area contributed by atoms with Gasteiger partial charge in [-0.05, 0) is 51.2 Å². The number of aliphatic imine (C=N–C) groups is 1. The summed E-state index contributed by atoms with van der Waals surface area (Å²) in [5, 5.41) is 11.2. The van der Waals surface area contributed by atoms with Gasteiger partial charge in [0.25, 0.3) is 0 Å². The van der Waals surface area contributed by atoms with Crippen LogP contribution in [0.3, 0.4) is 0 Å². The zero-order chi connectivity index (χ0) is 20.8. The number of hydrogen-bond acceptors (Lipinski definition) is 4. The molecule has 0 spiro atoms. The monoisotopic (exact) mass is 397 g/mol. The summed E-state index contributed by atoms with van der Waals surface area (Å²) in [7, 11) is 1.98. The van der Waals surface area contributed by atoms with Crippen LogP contribution in [0.15, 0.2) is 23.3 Å². The quantitative estimate of drug-likeness (QED) is 0.579. The van der Waals surface area contributed by atoms with Crippen LogP contribution in [0.25, 0.3) is 0 Å². The second-order valence-corrected chi connectivity index (χ2v) is 8.02. The Balaban J connectivity index is 1.59. The molecule has 0 unspecified atom stereocenters. The third-order valence-electron chi connectivity index (χ3n) is 5.77. The first-order valence-corrected chi connectivity index (χ1v) is 10.7. The van der Waals surface area contributed by atoms with Crippen LogP contribution >= 0.6 is 0 Å². The number of nitrogens with zero attached hydrogens (tertiary/aromatic N) is 5. The van der Waals surface area contributed by atoms with Gasteiger partial charge in [0.2, 0.25) is 0 Å². The largest absolute Gasteiger partial charge is 0.357 e. The van der Waals surface area contributed by atoms with Crippen molar-refractivity contribution in [2.75, 3.05) is 24.5 Å². The highest BCUT2D eigenvalue weighted by Gasteiger charge is 2.16. The molecule has 0 radical (unpaired) electrons. The van der Waals surface area contributed by atoms with Crippen LogP contribution in [0.5, 0.6) is 0 Å². The van der Waals surface area contributed by atoms with E-state index in [-0.39, 0.29) is 0 Å². The number of pyridine rings is 1. The first-order chi connectivity index (χ1) is 14.0. The van der Waals surface area contributed by atoms with Crippen LogP contribution in [0, 0.1) is 19.8 Å². The molecule has 0 aromatic carbocycles. The molecule has 3 heterocycles. The molecular formula is C22H35N7. The molecule has 2 aromatic rings. The maximum atomic E-state index is 4.73. The predicted molar refractivity (Wildman–Crippen MR) is 119 cm³/mol. The van der Waals surface area contributed by atoms with Crippen LogP contribution in [0.1, 0.15) is 49.2 Å². The summed E-state index contributed by atoms with van der Waals surface area (Å²) in [5.74, 6) is 2.72. The standard InChI is InChI=1S/C22H35N7/c1-6-23-22(26-15-20-17(3)27-28(5)18(20)4)25-14-19-7-8-21(24-13-19)29-11-9-16(2)10-12-29/h7-8,13,16H,6,9-12,14-15H2,1-5H3,(H2,23,25,26). The number of piperidine rings is 1. The minimum atomic E-state index is 0.602. The van der Waals surface area contributed by atoms with Crippen LogP contribution in [-0.4, -0.2) is 40.4 Å². The zero-order valence-corrected chi connectivity index (χ0v) is 18.5. The summed E-state index contributed by atoms with van der Waals surface area (Å²) in [6.07, 6.45) is 4.46. The Morgan fingerprint density at radius 1 is 1.21 bits per heavy atom. The lowest BCUT2D eigenvalue weighted by Gasteiger charge is -2.31. The van der Waals surface area contributed by atoms with Gasteiger partial charge in [0.05, 0.1) is 12.2 Å². The van der Waals surface area contributed by atoms with E-state index in [2.05, 4.69) is 58.5 Å². The molecule has 3 rings (SSSR count). The molecule has 1 fully saturated rings.